The van der Waals surface area contributed by atoms with E-state index in [-0.39, 0.29) is 18.9 Å². The van der Waals surface area contributed by atoms with Crippen molar-refractivity contribution >= 4 is 5.91 Å². The molecule has 1 aromatic rings. The van der Waals surface area contributed by atoms with Crippen LogP contribution in [0.4, 0.5) is 4.39 Å². The fourth-order valence-corrected chi connectivity index (χ4v) is 3.01. The summed E-state index contributed by atoms with van der Waals surface area (Å²) >= 11 is 0. The minimum absolute atomic E-state index is 0.0199. The predicted molar refractivity (Wildman–Crippen MR) is 81.7 cm³/mol. The molecule has 2 atom stereocenters. The van der Waals surface area contributed by atoms with Gasteiger partial charge < -0.3 is 14.5 Å². The minimum atomic E-state index is -1.13. The molecule has 1 aliphatic heterocycles. The molecule has 3 rings (SSSR count). The summed E-state index contributed by atoms with van der Waals surface area (Å²) in [7, 11) is 0. The lowest BCUT2D eigenvalue weighted by Gasteiger charge is -2.27. The van der Waals surface area contributed by atoms with E-state index in [1.54, 1.807) is 0 Å². The molecule has 2 unspecified atom stereocenters. The molecule has 6 heteroatoms. The Morgan fingerprint density at radius 1 is 1.43 bits per heavy atom. The van der Waals surface area contributed by atoms with Crippen LogP contribution in [-0.2, 0) is 22.4 Å². The largest absolute Gasteiger partial charge is 0.427 e. The van der Waals surface area contributed by atoms with Crippen molar-refractivity contribution in [2.24, 2.45) is 5.92 Å². The van der Waals surface area contributed by atoms with Gasteiger partial charge in [0, 0.05) is 11.6 Å². The van der Waals surface area contributed by atoms with Crippen LogP contribution in [-0.4, -0.2) is 18.7 Å². The number of ether oxygens (including phenoxy) is 1. The van der Waals surface area contributed by atoms with Crippen molar-refractivity contribution in [3.63, 3.8) is 0 Å². The predicted octanol–water partition coefficient (Wildman–Crippen LogP) is 2.42. The second-order valence-electron chi connectivity index (χ2n) is 6.50. The van der Waals surface area contributed by atoms with Crippen LogP contribution in [0.1, 0.15) is 55.7 Å². The zero-order valence-electron chi connectivity index (χ0n) is 13.3. The van der Waals surface area contributed by atoms with E-state index in [1.165, 1.54) is 25.8 Å². The molecule has 0 radical (unpaired) electrons. The van der Waals surface area contributed by atoms with Crippen molar-refractivity contribution in [1.29, 1.82) is 0 Å². The number of carbonyl (C=O) groups excluding carboxylic acids is 1. The third kappa shape index (κ3) is 4.19. The first kappa shape index (κ1) is 16.2. The highest BCUT2D eigenvalue weighted by atomic mass is 19.1. The van der Waals surface area contributed by atoms with Crippen LogP contribution in [0, 0.1) is 5.92 Å². The Kier molecular flexibility index (Phi) is 4.80. The van der Waals surface area contributed by atoms with Gasteiger partial charge in [-0.05, 0) is 31.2 Å². The van der Waals surface area contributed by atoms with Crippen LogP contribution in [0.5, 0.6) is 0 Å². The van der Waals surface area contributed by atoms with E-state index < -0.39 is 18.0 Å². The summed E-state index contributed by atoms with van der Waals surface area (Å²) < 4.78 is 23.8. The third-order valence-electron chi connectivity index (χ3n) is 4.29. The zero-order chi connectivity index (χ0) is 16.4. The van der Waals surface area contributed by atoms with E-state index >= 15 is 0 Å². The second kappa shape index (κ2) is 6.83. The van der Waals surface area contributed by atoms with Crippen LogP contribution < -0.4 is 10.9 Å². The molecule has 2 aliphatic rings. The summed E-state index contributed by atoms with van der Waals surface area (Å²) in [4.78, 5) is 23.5. The first-order valence-electron chi connectivity index (χ1n) is 8.23. The number of fused-ring (bicyclic) bond motifs is 1. The number of carbonyl (C=O) groups is 1. The van der Waals surface area contributed by atoms with Crippen LogP contribution >= 0.6 is 0 Å². The van der Waals surface area contributed by atoms with E-state index in [0.29, 0.717) is 11.3 Å². The quantitative estimate of drug-likeness (QED) is 0.837. The van der Waals surface area contributed by atoms with Gasteiger partial charge in [-0.25, -0.2) is 9.18 Å². The molecular weight excluding hydrogens is 301 g/mol. The molecular formula is C17H22FNO4. The number of amides is 1. The smallest absolute Gasteiger partial charge is 0.336 e. The maximum atomic E-state index is 13.1. The van der Waals surface area contributed by atoms with Crippen molar-refractivity contribution in [3.8, 4) is 0 Å². The van der Waals surface area contributed by atoms with Gasteiger partial charge in [0.25, 0.3) is 0 Å². The molecule has 0 aromatic carbocycles. The highest BCUT2D eigenvalue weighted by Gasteiger charge is 2.31. The summed E-state index contributed by atoms with van der Waals surface area (Å²) in [5.41, 5.74) is 1.09. The molecule has 2 heterocycles. The van der Waals surface area contributed by atoms with Crippen LogP contribution in [0.3, 0.4) is 0 Å². The zero-order valence-corrected chi connectivity index (χ0v) is 13.3. The first-order valence-corrected chi connectivity index (χ1v) is 8.23. The fraction of sp³-hybridized carbons (Fsp3) is 0.647. The number of aryl methyl sites for hydroxylation is 1. The van der Waals surface area contributed by atoms with Gasteiger partial charge in [0.1, 0.15) is 11.9 Å². The Balaban J connectivity index is 1.83. The summed E-state index contributed by atoms with van der Waals surface area (Å²) in [6, 6.07) is 1.47. The van der Waals surface area contributed by atoms with E-state index in [2.05, 4.69) is 5.32 Å². The van der Waals surface area contributed by atoms with Crippen molar-refractivity contribution in [2.75, 3.05) is 6.61 Å². The molecule has 1 amide bonds. The minimum Gasteiger partial charge on any atom is -0.427 e. The number of nitrogens with one attached hydrogen (secondary N) is 1. The molecule has 1 saturated carbocycles. The van der Waals surface area contributed by atoms with Gasteiger partial charge in [-0.1, -0.05) is 19.3 Å². The number of hydrogen-bond acceptors (Lipinski definition) is 4. The average molecular weight is 323 g/mol. The fourth-order valence-electron chi connectivity index (χ4n) is 3.01. The summed E-state index contributed by atoms with van der Waals surface area (Å²) in [6.07, 6.45) is 3.61. The highest BCUT2D eigenvalue weighted by Crippen LogP contribution is 2.35. The number of halogens is 1. The normalized spacial score (nSPS) is 21.7. The summed E-state index contributed by atoms with van der Waals surface area (Å²) in [6.45, 7) is 1.28. The van der Waals surface area contributed by atoms with Crippen LogP contribution in [0.15, 0.2) is 15.3 Å². The lowest BCUT2D eigenvalue weighted by molar-refractivity contribution is -0.127. The maximum Gasteiger partial charge on any atom is 0.336 e. The molecule has 1 fully saturated rings. The molecule has 0 spiro atoms. The summed E-state index contributed by atoms with van der Waals surface area (Å²) in [5.74, 6) is 0.886. The standard InChI is InChI=1S/C17H22FNO4/c1-10(18)9-22-17-16-12(4-2-3-11-5-6-11)7-15(21)23-13(16)8-14(20)19-17/h7,10-11,17H,2-6,8-9H2,1H3,(H,19,20). The monoisotopic (exact) mass is 323 g/mol. The molecule has 0 bridgehead atoms. The Bertz CT molecular complexity index is 636. The Labute approximate surface area is 134 Å². The van der Waals surface area contributed by atoms with E-state index in [1.807, 2.05) is 0 Å². The van der Waals surface area contributed by atoms with E-state index in [0.717, 1.165) is 30.7 Å². The van der Waals surface area contributed by atoms with Gasteiger partial charge in [0.15, 0.2) is 6.23 Å². The molecule has 1 N–H and O–H groups in total. The Morgan fingerprint density at radius 3 is 2.91 bits per heavy atom. The second-order valence-corrected chi connectivity index (χ2v) is 6.50. The van der Waals surface area contributed by atoms with Gasteiger partial charge >= 0.3 is 5.63 Å². The molecule has 1 aliphatic carbocycles. The lowest BCUT2D eigenvalue weighted by Crippen LogP contribution is -2.39. The topological polar surface area (TPSA) is 68.5 Å². The van der Waals surface area contributed by atoms with Gasteiger partial charge in [-0.2, -0.15) is 0 Å². The number of rotatable bonds is 7. The van der Waals surface area contributed by atoms with E-state index in [4.69, 9.17) is 9.15 Å². The van der Waals surface area contributed by atoms with Gasteiger partial charge in [-0.15, -0.1) is 0 Å². The van der Waals surface area contributed by atoms with Gasteiger partial charge in [0.2, 0.25) is 5.91 Å². The molecule has 1 aromatic heterocycles. The van der Waals surface area contributed by atoms with Crippen molar-refractivity contribution in [3.05, 3.63) is 33.4 Å². The Morgan fingerprint density at radius 2 is 2.22 bits per heavy atom. The van der Waals surface area contributed by atoms with Crippen molar-refractivity contribution < 1.29 is 18.3 Å². The van der Waals surface area contributed by atoms with E-state index in [9.17, 15) is 14.0 Å². The maximum absolute atomic E-state index is 13.1. The molecule has 0 saturated heterocycles. The summed E-state index contributed by atoms with van der Waals surface area (Å²) in [5, 5.41) is 2.71. The Hall–Kier alpha value is -1.69. The number of hydrogen-bond donors (Lipinski definition) is 1. The lowest BCUT2D eigenvalue weighted by atomic mass is 9.96. The van der Waals surface area contributed by atoms with Gasteiger partial charge in [-0.3, -0.25) is 4.79 Å². The molecule has 5 nitrogen and oxygen atoms in total. The molecule has 126 valence electrons. The third-order valence-corrected chi connectivity index (χ3v) is 4.29. The van der Waals surface area contributed by atoms with Gasteiger partial charge in [0.05, 0.1) is 13.0 Å². The van der Waals surface area contributed by atoms with Crippen molar-refractivity contribution in [2.45, 2.75) is 57.8 Å². The molecule has 23 heavy (non-hydrogen) atoms. The van der Waals surface area contributed by atoms with Crippen LogP contribution in [0.2, 0.25) is 0 Å². The van der Waals surface area contributed by atoms with Crippen LogP contribution in [0.25, 0.3) is 0 Å². The average Bonchev–Trinajstić information content (AvgIpc) is 3.27. The SMILES string of the molecule is CC(F)COC1NC(=O)Cc2oc(=O)cc(CCCC3CC3)c21. The highest BCUT2D eigenvalue weighted by molar-refractivity contribution is 5.80. The van der Waals surface area contributed by atoms with Crippen molar-refractivity contribution in [1.82, 2.24) is 5.32 Å². The first-order chi connectivity index (χ1) is 11.0. The number of alkyl halides is 1.